The lowest BCUT2D eigenvalue weighted by Gasteiger charge is -2.30. The number of halogens is 1. The number of fused-ring (bicyclic) bond motifs is 1. The third kappa shape index (κ3) is 3.96. The minimum absolute atomic E-state index is 0.360. The average Bonchev–Trinajstić information content (AvgIpc) is 3.31. The van der Waals surface area contributed by atoms with Crippen molar-refractivity contribution in [1.29, 1.82) is 0 Å². The van der Waals surface area contributed by atoms with Gasteiger partial charge in [0.15, 0.2) is 11.5 Å². The summed E-state index contributed by atoms with van der Waals surface area (Å²) in [5, 5.41) is 10.8. The first-order valence-electron chi connectivity index (χ1n) is 10.2. The number of allylic oxidation sites excluding steroid dienone is 1. The highest BCUT2D eigenvalue weighted by molar-refractivity contribution is 6.32. The van der Waals surface area contributed by atoms with E-state index in [0.717, 1.165) is 0 Å². The maximum Gasteiger partial charge on any atom is 0.255 e. The quantitative estimate of drug-likeness (QED) is 0.518. The molecule has 2 heterocycles. The fourth-order valence-corrected chi connectivity index (χ4v) is 4.18. The molecule has 0 bridgehead atoms. The van der Waals surface area contributed by atoms with Crippen LogP contribution in [0.4, 0.5) is 11.6 Å². The fraction of sp³-hybridized carbons (Fsp3) is 0.261. The van der Waals surface area contributed by atoms with Gasteiger partial charge in [-0.1, -0.05) is 23.7 Å². The van der Waals surface area contributed by atoms with Crippen LogP contribution in [-0.2, 0) is 4.79 Å². The lowest BCUT2D eigenvalue weighted by atomic mass is 9.94. The lowest BCUT2D eigenvalue weighted by Crippen LogP contribution is -2.31. The van der Waals surface area contributed by atoms with Gasteiger partial charge in [-0.2, -0.15) is 10.1 Å². The molecule has 1 amide bonds. The topological polar surface area (TPSA) is 109 Å². The Hall–Kier alpha value is -3.92. The number of carbonyl (C=O) groups is 1. The predicted molar refractivity (Wildman–Crippen MR) is 127 cm³/mol. The van der Waals surface area contributed by atoms with E-state index in [-0.39, 0.29) is 5.91 Å². The molecule has 0 saturated carbocycles. The van der Waals surface area contributed by atoms with Crippen LogP contribution in [0.5, 0.6) is 23.0 Å². The number of carbonyl (C=O) groups excluding carboxylic acids is 1. The highest BCUT2D eigenvalue weighted by atomic mass is 35.5. The van der Waals surface area contributed by atoms with Crippen molar-refractivity contribution in [2.45, 2.75) is 13.0 Å². The zero-order valence-corrected chi connectivity index (χ0v) is 20.1. The van der Waals surface area contributed by atoms with E-state index in [9.17, 15) is 4.79 Å². The van der Waals surface area contributed by atoms with Gasteiger partial charge in [0, 0.05) is 23.4 Å². The zero-order valence-electron chi connectivity index (χ0n) is 19.3. The van der Waals surface area contributed by atoms with E-state index in [2.05, 4.69) is 20.7 Å². The first-order valence-corrected chi connectivity index (χ1v) is 10.6. The van der Waals surface area contributed by atoms with Crippen molar-refractivity contribution in [3.8, 4) is 23.0 Å². The van der Waals surface area contributed by atoms with Crippen molar-refractivity contribution in [2.24, 2.45) is 0 Å². The van der Waals surface area contributed by atoms with Gasteiger partial charge in [-0.25, -0.2) is 4.68 Å². The van der Waals surface area contributed by atoms with Crippen LogP contribution in [0.1, 0.15) is 18.5 Å². The summed E-state index contributed by atoms with van der Waals surface area (Å²) in [5.41, 5.74) is 2.09. The van der Waals surface area contributed by atoms with E-state index in [1.165, 1.54) is 20.5 Å². The second-order valence-corrected chi connectivity index (χ2v) is 7.73. The van der Waals surface area contributed by atoms with E-state index in [4.69, 9.17) is 30.5 Å². The van der Waals surface area contributed by atoms with Gasteiger partial charge in [0.2, 0.25) is 5.95 Å². The molecule has 10 nitrogen and oxygen atoms in total. The smallest absolute Gasteiger partial charge is 0.255 e. The monoisotopic (exact) mass is 485 g/mol. The Morgan fingerprint density at radius 2 is 1.79 bits per heavy atom. The molecule has 0 radical (unpaired) electrons. The molecule has 2 aromatic carbocycles. The number of rotatable bonds is 7. The molecule has 4 rings (SSSR count). The van der Waals surface area contributed by atoms with Gasteiger partial charge in [0.25, 0.3) is 5.91 Å². The highest BCUT2D eigenvalue weighted by Gasteiger charge is 2.36. The number of benzene rings is 2. The summed E-state index contributed by atoms with van der Waals surface area (Å²) < 4.78 is 23.5. The first kappa shape index (κ1) is 23.2. The predicted octanol–water partition coefficient (Wildman–Crippen LogP) is 3.89. The molecule has 0 fully saturated rings. The van der Waals surface area contributed by atoms with Crippen molar-refractivity contribution in [2.75, 3.05) is 39.1 Å². The van der Waals surface area contributed by atoms with Crippen LogP contribution < -0.4 is 29.6 Å². The molecule has 1 aromatic heterocycles. The molecule has 11 heteroatoms. The molecular weight excluding hydrogens is 462 g/mol. The molecule has 3 aromatic rings. The average molecular weight is 486 g/mol. The van der Waals surface area contributed by atoms with Crippen molar-refractivity contribution >= 4 is 29.1 Å². The van der Waals surface area contributed by atoms with Crippen LogP contribution in [0.2, 0.25) is 5.02 Å². The van der Waals surface area contributed by atoms with Crippen LogP contribution in [0.3, 0.4) is 0 Å². The SMILES string of the molecule is COc1cc(NC(=O)C2=C(C)Nc3ncnn3C2c2cccc(OC)c2OC)c(OC)cc1Cl. The van der Waals surface area contributed by atoms with Crippen LogP contribution in [0.25, 0.3) is 0 Å². The summed E-state index contributed by atoms with van der Waals surface area (Å²) in [7, 11) is 6.09. The molecule has 0 aliphatic carbocycles. The van der Waals surface area contributed by atoms with Crippen molar-refractivity contribution in [3.63, 3.8) is 0 Å². The first-order chi connectivity index (χ1) is 16.4. The molecule has 0 spiro atoms. The molecule has 34 heavy (non-hydrogen) atoms. The number of hydrogen-bond acceptors (Lipinski definition) is 8. The molecule has 178 valence electrons. The van der Waals surface area contributed by atoms with E-state index in [1.54, 1.807) is 44.0 Å². The Morgan fingerprint density at radius 3 is 2.47 bits per heavy atom. The van der Waals surface area contributed by atoms with Crippen LogP contribution in [0, 0.1) is 0 Å². The Labute approximate surface area is 201 Å². The van der Waals surface area contributed by atoms with Crippen LogP contribution >= 0.6 is 11.6 Å². The van der Waals surface area contributed by atoms with Crippen molar-refractivity contribution in [1.82, 2.24) is 14.8 Å². The van der Waals surface area contributed by atoms with Gasteiger partial charge < -0.3 is 29.6 Å². The summed E-state index contributed by atoms with van der Waals surface area (Å²) in [5.74, 6) is 1.91. The van der Waals surface area contributed by atoms with E-state index < -0.39 is 6.04 Å². The summed E-state index contributed by atoms with van der Waals surface area (Å²) in [4.78, 5) is 18.0. The maximum absolute atomic E-state index is 13.7. The Kier molecular flexibility index (Phi) is 6.51. The number of nitrogens with zero attached hydrogens (tertiary/aromatic N) is 3. The summed E-state index contributed by atoms with van der Waals surface area (Å²) in [6.45, 7) is 1.80. The van der Waals surface area contributed by atoms with Crippen LogP contribution in [0.15, 0.2) is 47.9 Å². The zero-order chi connectivity index (χ0) is 24.4. The molecule has 1 unspecified atom stereocenters. The van der Waals surface area contributed by atoms with Crippen LogP contribution in [-0.4, -0.2) is 49.1 Å². The minimum Gasteiger partial charge on any atom is -0.495 e. The van der Waals surface area contributed by atoms with Crippen molar-refractivity contribution < 1.29 is 23.7 Å². The number of hydrogen-bond donors (Lipinski definition) is 2. The standard InChI is InChI=1S/C23H24ClN5O5/c1-12-19(22(30)28-15-10-17(32-3)14(24)9-18(15)33-4)20(29-23(27-12)25-11-26-29)13-7-6-8-16(31-2)21(13)34-5/h6-11,20H,1-5H3,(H,28,30)(H,25,26,27). The van der Waals surface area contributed by atoms with Crippen molar-refractivity contribution in [3.05, 3.63) is 58.5 Å². The summed E-state index contributed by atoms with van der Waals surface area (Å²) in [6, 6.07) is 8.00. The third-order valence-corrected chi connectivity index (χ3v) is 5.78. The van der Waals surface area contributed by atoms with E-state index >= 15 is 0 Å². The Morgan fingerprint density at radius 1 is 1.06 bits per heavy atom. The molecular formula is C23H24ClN5O5. The number of anilines is 2. The number of ether oxygens (including phenoxy) is 4. The number of amides is 1. The van der Waals surface area contributed by atoms with E-state index in [1.807, 2.05) is 12.1 Å². The molecule has 1 aliphatic rings. The largest absolute Gasteiger partial charge is 0.495 e. The second kappa shape index (κ2) is 9.52. The minimum atomic E-state index is -0.649. The number of para-hydroxylation sites is 1. The third-order valence-electron chi connectivity index (χ3n) is 5.49. The fourth-order valence-electron chi connectivity index (χ4n) is 3.95. The Bertz CT molecular complexity index is 1270. The van der Waals surface area contributed by atoms with Gasteiger partial charge in [0.05, 0.1) is 44.7 Å². The molecule has 2 N–H and O–H groups in total. The van der Waals surface area contributed by atoms with Gasteiger partial charge in [-0.15, -0.1) is 0 Å². The number of methoxy groups -OCH3 is 4. The highest BCUT2D eigenvalue weighted by Crippen LogP contribution is 2.43. The Balaban J connectivity index is 1.83. The summed E-state index contributed by atoms with van der Waals surface area (Å²) >= 11 is 6.22. The maximum atomic E-state index is 13.7. The second-order valence-electron chi connectivity index (χ2n) is 7.32. The van der Waals surface area contributed by atoms with E-state index in [0.29, 0.717) is 56.5 Å². The molecule has 0 saturated heterocycles. The molecule has 1 atom stereocenters. The van der Waals surface area contributed by atoms with Gasteiger partial charge in [-0.05, 0) is 13.0 Å². The van der Waals surface area contributed by atoms with Gasteiger partial charge in [0.1, 0.15) is 23.9 Å². The molecule has 1 aliphatic heterocycles. The number of nitrogens with one attached hydrogen (secondary N) is 2. The van der Waals surface area contributed by atoms with Gasteiger partial charge >= 0.3 is 0 Å². The normalized spacial score (nSPS) is 14.7. The lowest BCUT2D eigenvalue weighted by molar-refractivity contribution is -0.113. The van der Waals surface area contributed by atoms with Gasteiger partial charge in [-0.3, -0.25) is 4.79 Å². The summed E-state index contributed by atoms with van der Waals surface area (Å²) in [6.07, 6.45) is 1.42. The number of aromatic nitrogens is 3.